The summed E-state index contributed by atoms with van der Waals surface area (Å²) in [7, 11) is 0. The molecule has 0 aromatic heterocycles. The van der Waals surface area contributed by atoms with Crippen LogP contribution in [-0.4, -0.2) is 31.4 Å². The highest BCUT2D eigenvalue weighted by Gasteiger charge is 2.06. The Morgan fingerprint density at radius 1 is 0.880 bits per heavy atom. The van der Waals surface area contributed by atoms with Crippen molar-refractivity contribution in [2.24, 2.45) is 0 Å². The highest BCUT2D eigenvalue weighted by Crippen LogP contribution is 2.10. The van der Waals surface area contributed by atoms with Gasteiger partial charge in [-0.2, -0.15) is 0 Å². The Morgan fingerprint density at radius 3 is 2.36 bits per heavy atom. The van der Waals surface area contributed by atoms with Gasteiger partial charge in [-0.15, -0.1) is 0 Å². The van der Waals surface area contributed by atoms with Crippen LogP contribution in [0.25, 0.3) is 0 Å². The molecule has 0 radical (unpaired) electrons. The van der Waals surface area contributed by atoms with Crippen LogP contribution in [-0.2, 0) is 4.79 Å². The van der Waals surface area contributed by atoms with Gasteiger partial charge in [-0.05, 0) is 31.0 Å². The number of unbranched alkanes of at least 4 members (excludes halogenated alkanes) is 5. The van der Waals surface area contributed by atoms with E-state index in [0.717, 1.165) is 37.9 Å². The highest BCUT2D eigenvalue weighted by atomic mass is 16.2. The topological polar surface area (TPSA) is 70.2 Å². The molecule has 1 rings (SSSR count). The van der Waals surface area contributed by atoms with Gasteiger partial charge < -0.3 is 16.0 Å². The van der Waals surface area contributed by atoms with Crippen molar-refractivity contribution in [1.29, 1.82) is 0 Å². The zero-order valence-corrected chi connectivity index (χ0v) is 15.7. The van der Waals surface area contributed by atoms with Gasteiger partial charge in [0.15, 0.2) is 0 Å². The average Bonchev–Trinajstić information content (AvgIpc) is 2.63. The number of hydrogen-bond acceptors (Lipinski definition) is 3. The molecule has 0 spiro atoms. The normalized spacial score (nSPS) is 10.3. The first-order valence-corrected chi connectivity index (χ1v) is 9.56. The van der Waals surface area contributed by atoms with Gasteiger partial charge in [-0.3, -0.25) is 9.59 Å². The summed E-state index contributed by atoms with van der Waals surface area (Å²) in [6, 6.07) is 7.24. The molecule has 0 unspecified atom stereocenters. The van der Waals surface area contributed by atoms with E-state index in [9.17, 15) is 9.59 Å². The molecule has 25 heavy (non-hydrogen) atoms. The van der Waals surface area contributed by atoms with Crippen LogP contribution in [0.5, 0.6) is 0 Å². The third-order valence-electron chi connectivity index (χ3n) is 4.00. The lowest BCUT2D eigenvalue weighted by Crippen LogP contribution is -2.30. The van der Waals surface area contributed by atoms with Gasteiger partial charge in [-0.25, -0.2) is 0 Å². The number of carbonyl (C=O) groups is 2. The van der Waals surface area contributed by atoms with Crippen molar-refractivity contribution in [3.05, 3.63) is 29.8 Å². The van der Waals surface area contributed by atoms with Crippen LogP contribution in [0, 0.1) is 0 Å². The zero-order valence-electron chi connectivity index (χ0n) is 15.7. The van der Waals surface area contributed by atoms with Gasteiger partial charge in [-0.1, -0.05) is 52.0 Å². The molecule has 3 N–H and O–H groups in total. The maximum atomic E-state index is 12.0. The molecule has 5 heteroatoms. The van der Waals surface area contributed by atoms with Gasteiger partial charge in [0.25, 0.3) is 5.91 Å². The van der Waals surface area contributed by atoms with Gasteiger partial charge in [0.05, 0.1) is 6.54 Å². The molecule has 0 fully saturated rings. The van der Waals surface area contributed by atoms with Gasteiger partial charge in [0, 0.05) is 24.3 Å². The molecular weight excluding hydrogens is 314 g/mol. The van der Waals surface area contributed by atoms with Gasteiger partial charge in [0.2, 0.25) is 5.91 Å². The minimum atomic E-state index is -0.0753. The lowest BCUT2D eigenvalue weighted by atomic mass is 10.1. The second-order valence-electron chi connectivity index (χ2n) is 6.31. The van der Waals surface area contributed by atoms with Crippen LogP contribution in [0.2, 0.25) is 0 Å². The van der Waals surface area contributed by atoms with Crippen LogP contribution in [0.3, 0.4) is 0 Å². The van der Waals surface area contributed by atoms with E-state index < -0.39 is 0 Å². The first kappa shape index (κ1) is 21.0. The molecule has 0 aliphatic carbocycles. The molecule has 1 aromatic rings. The quantitative estimate of drug-likeness (QED) is 0.476. The molecular formula is C20H33N3O2. The number of anilines is 1. The molecule has 0 heterocycles. The molecule has 2 amide bonds. The van der Waals surface area contributed by atoms with E-state index in [1.807, 2.05) is 12.1 Å². The molecule has 140 valence electrons. The van der Waals surface area contributed by atoms with Gasteiger partial charge >= 0.3 is 0 Å². The standard InChI is InChI=1S/C20H33N3O2/c1-3-5-7-8-9-14-21-19(24)16-23-18-12-10-11-17(15-18)20(25)22-13-6-4-2/h10-12,15,23H,3-9,13-14,16H2,1-2H3,(H,21,24)(H,22,25). The van der Waals surface area contributed by atoms with E-state index in [1.54, 1.807) is 12.1 Å². The molecule has 1 aromatic carbocycles. The first-order chi connectivity index (χ1) is 12.2. The summed E-state index contributed by atoms with van der Waals surface area (Å²) >= 11 is 0. The summed E-state index contributed by atoms with van der Waals surface area (Å²) < 4.78 is 0. The second-order valence-corrected chi connectivity index (χ2v) is 6.31. The Hall–Kier alpha value is -2.04. The van der Waals surface area contributed by atoms with Crippen molar-refractivity contribution in [3.8, 4) is 0 Å². The third kappa shape index (κ3) is 9.75. The highest BCUT2D eigenvalue weighted by molar-refractivity contribution is 5.95. The summed E-state index contributed by atoms with van der Waals surface area (Å²) in [5.41, 5.74) is 1.39. The lowest BCUT2D eigenvalue weighted by Gasteiger charge is -2.09. The minimum Gasteiger partial charge on any atom is -0.376 e. The number of hydrogen-bond donors (Lipinski definition) is 3. The Kier molecular flexibility index (Phi) is 11.2. The summed E-state index contributed by atoms with van der Waals surface area (Å²) in [5.74, 6) is -0.0954. The van der Waals surface area contributed by atoms with Crippen LogP contribution >= 0.6 is 0 Å². The predicted molar refractivity (Wildman–Crippen MR) is 104 cm³/mol. The number of amides is 2. The van der Waals surface area contributed by atoms with Crippen LogP contribution < -0.4 is 16.0 Å². The third-order valence-corrected chi connectivity index (χ3v) is 4.00. The van der Waals surface area contributed by atoms with E-state index in [1.165, 1.54) is 19.3 Å². The fourth-order valence-electron chi connectivity index (χ4n) is 2.45. The van der Waals surface area contributed by atoms with Crippen LogP contribution in [0.4, 0.5) is 5.69 Å². The number of rotatable bonds is 13. The van der Waals surface area contributed by atoms with Crippen molar-refractivity contribution < 1.29 is 9.59 Å². The fraction of sp³-hybridized carbons (Fsp3) is 0.600. The van der Waals surface area contributed by atoms with E-state index in [0.29, 0.717) is 12.1 Å². The predicted octanol–water partition coefficient (Wildman–Crippen LogP) is 3.72. The Bertz CT molecular complexity index is 517. The lowest BCUT2D eigenvalue weighted by molar-refractivity contribution is -0.119. The largest absolute Gasteiger partial charge is 0.376 e. The fourth-order valence-corrected chi connectivity index (χ4v) is 2.45. The van der Waals surface area contributed by atoms with Gasteiger partial charge in [0.1, 0.15) is 0 Å². The van der Waals surface area contributed by atoms with E-state index >= 15 is 0 Å². The monoisotopic (exact) mass is 347 g/mol. The van der Waals surface area contributed by atoms with Crippen molar-refractivity contribution >= 4 is 17.5 Å². The van der Waals surface area contributed by atoms with E-state index in [-0.39, 0.29) is 18.4 Å². The molecule has 0 aliphatic rings. The Morgan fingerprint density at radius 2 is 1.60 bits per heavy atom. The second kappa shape index (κ2) is 13.3. The number of benzene rings is 1. The van der Waals surface area contributed by atoms with E-state index in [4.69, 9.17) is 0 Å². The molecule has 0 atom stereocenters. The molecule has 0 saturated carbocycles. The van der Waals surface area contributed by atoms with Crippen molar-refractivity contribution in [1.82, 2.24) is 10.6 Å². The maximum Gasteiger partial charge on any atom is 0.251 e. The van der Waals surface area contributed by atoms with Crippen LogP contribution in [0.1, 0.15) is 69.2 Å². The summed E-state index contributed by atoms with van der Waals surface area (Å²) in [5, 5.41) is 8.89. The van der Waals surface area contributed by atoms with Crippen molar-refractivity contribution in [2.45, 2.75) is 58.8 Å². The smallest absolute Gasteiger partial charge is 0.251 e. The van der Waals surface area contributed by atoms with Crippen LogP contribution in [0.15, 0.2) is 24.3 Å². The van der Waals surface area contributed by atoms with E-state index in [2.05, 4.69) is 29.8 Å². The Balaban J connectivity index is 2.28. The summed E-state index contributed by atoms with van der Waals surface area (Å²) in [4.78, 5) is 23.9. The molecule has 5 nitrogen and oxygen atoms in total. The van der Waals surface area contributed by atoms with Crippen molar-refractivity contribution in [3.63, 3.8) is 0 Å². The minimum absolute atomic E-state index is 0.0201. The summed E-state index contributed by atoms with van der Waals surface area (Å²) in [6.45, 7) is 5.91. The average molecular weight is 348 g/mol. The zero-order chi connectivity index (χ0) is 18.3. The SMILES string of the molecule is CCCCCCCNC(=O)CNc1cccc(C(=O)NCCCC)c1. The molecule has 0 bridgehead atoms. The molecule has 0 saturated heterocycles. The number of carbonyl (C=O) groups excluding carboxylic acids is 2. The molecule has 0 aliphatic heterocycles. The summed E-state index contributed by atoms with van der Waals surface area (Å²) in [6.07, 6.45) is 7.94. The first-order valence-electron chi connectivity index (χ1n) is 9.56. The van der Waals surface area contributed by atoms with Crippen molar-refractivity contribution in [2.75, 3.05) is 25.0 Å². The number of nitrogens with one attached hydrogen (secondary N) is 3. The Labute approximate surface area is 152 Å². The maximum absolute atomic E-state index is 12.0.